The minimum atomic E-state index is 0.766. The molecule has 1 heterocycles. The van der Waals surface area contributed by atoms with Crippen molar-refractivity contribution in [3.05, 3.63) is 29.3 Å². The highest BCUT2D eigenvalue weighted by Gasteiger charge is 2.23. The maximum absolute atomic E-state index is 3.57. The normalized spacial score (nSPS) is 23.7. The van der Waals surface area contributed by atoms with Gasteiger partial charge in [0.2, 0.25) is 0 Å². The molecule has 0 spiro atoms. The lowest BCUT2D eigenvalue weighted by Gasteiger charge is -2.22. The predicted molar refractivity (Wildman–Crippen MR) is 78.2 cm³/mol. The van der Waals surface area contributed by atoms with E-state index in [-0.39, 0.29) is 0 Å². The Hall–Kier alpha value is -0.980. The number of aryl methyl sites for hydroxylation is 1. The Bertz CT molecular complexity index is 404. The number of benzene rings is 1. The Morgan fingerprint density at radius 3 is 2.78 bits per heavy atom. The molecule has 1 nitrogen and oxygen atoms in total. The third kappa shape index (κ3) is 2.55. The monoisotopic (exact) mass is 243 g/mol. The zero-order valence-electron chi connectivity index (χ0n) is 11.5. The fourth-order valence-corrected chi connectivity index (χ4v) is 3.69. The van der Waals surface area contributed by atoms with Crippen LogP contribution in [0.5, 0.6) is 0 Å². The van der Waals surface area contributed by atoms with Gasteiger partial charge in [-0.25, -0.2) is 0 Å². The number of hydrogen-bond donors (Lipinski definition) is 1. The number of anilines is 1. The molecule has 1 saturated carbocycles. The zero-order valence-corrected chi connectivity index (χ0v) is 11.5. The van der Waals surface area contributed by atoms with Gasteiger partial charge in [-0.1, -0.05) is 49.8 Å². The van der Waals surface area contributed by atoms with Crippen molar-refractivity contribution in [2.45, 2.75) is 57.8 Å². The van der Waals surface area contributed by atoms with E-state index in [9.17, 15) is 0 Å². The predicted octanol–water partition coefficient (Wildman–Crippen LogP) is 4.86. The lowest BCUT2D eigenvalue weighted by Crippen LogP contribution is -2.09. The summed E-state index contributed by atoms with van der Waals surface area (Å²) < 4.78 is 0. The van der Waals surface area contributed by atoms with Gasteiger partial charge in [0.1, 0.15) is 0 Å². The summed E-state index contributed by atoms with van der Waals surface area (Å²) in [5.41, 5.74) is 4.36. The van der Waals surface area contributed by atoms with Gasteiger partial charge >= 0.3 is 0 Å². The lowest BCUT2D eigenvalue weighted by atomic mass is 9.83. The summed E-state index contributed by atoms with van der Waals surface area (Å²) >= 11 is 0. The summed E-state index contributed by atoms with van der Waals surface area (Å²) in [6.45, 7) is 3.36. The third-order valence-corrected chi connectivity index (χ3v) is 4.83. The van der Waals surface area contributed by atoms with Gasteiger partial charge in [-0.05, 0) is 37.3 Å². The van der Waals surface area contributed by atoms with Gasteiger partial charge in [0.15, 0.2) is 0 Å². The first-order chi connectivity index (χ1) is 8.83. The van der Waals surface area contributed by atoms with E-state index in [0.29, 0.717) is 0 Å². The Morgan fingerprint density at radius 2 is 1.94 bits per heavy atom. The third-order valence-electron chi connectivity index (χ3n) is 4.83. The van der Waals surface area contributed by atoms with Crippen molar-refractivity contribution in [2.75, 3.05) is 11.9 Å². The van der Waals surface area contributed by atoms with E-state index in [2.05, 4.69) is 30.4 Å². The maximum atomic E-state index is 3.57. The smallest absolute Gasteiger partial charge is 0.0376 e. The molecule has 0 amide bonds. The van der Waals surface area contributed by atoms with Crippen LogP contribution in [0.25, 0.3) is 0 Å². The molecule has 1 atom stereocenters. The summed E-state index contributed by atoms with van der Waals surface area (Å²) in [6, 6.07) is 6.86. The molecular formula is C17H25N. The van der Waals surface area contributed by atoms with Gasteiger partial charge in [-0.2, -0.15) is 0 Å². The maximum Gasteiger partial charge on any atom is 0.0376 e. The molecule has 1 unspecified atom stereocenters. The first-order valence-electron chi connectivity index (χ1n) is 7.67. The fourth-order valence-electron chi connectivity index (χ4n) is 3.69. The molecule has 1 aromatic carbocycles. The molecule has 1 aliphatic heterocycles. The Kier molecular flexibility index (Phi) is 3.58. The van der Waals surface area contributed by atoms with Gasteiger partial charge in [0.25, 0.3) is 0 Å². The highest BCUT2D eigenvalue weighted by atomic mass is 14.9. The minimum absolute atomic E-state index is 0.766. The summed E-state index contributed by atoms with van der Waals surface area (Å²) in [4.78, 5) is 0. The molecule has 1 heteroatoms. The van der Waals surface area contributed by atoms with E-state index in [1.165, 1.54) is 56.2 Å². The van der Waals surface area contributed by atoms with Gasteiger partial charge in [-0.15, -0.1) is 0 Å². The van der Waals surface area contributed by atoms with Crippen molar-refractivity contribution in [1.82, 2.24) is 0 Å². The molecule has 1 aliphatic carbocycles. The molecule has 1 aromatic rings. The molecule has 2 aliphatic rings. The summed E-state index contributed by atoms with van der Waals surface area (Å²) in [5.74, 6) is 1.79. The Labute approximate surface area is 111 Å². The molecule has 0 aromatic heterocycles. The zero-order chi connectivity index (χ0) is 12.4. The van der Waals surface area contributed by atoms with Gasteiger partial charge in [0.05, 0.1) is 0 Å². The second-order valence-electron chi connectivity index (χ2n) is 6.25. The molecule has 0 saturated heterocycles. The topological polar surface area (TPSA) is 12.0 Å². The molecule has 3 rings (SSSR count). The van der Waals surface area contributed by atoms with E-state index in [1.807, 2.05) is 0 Å². The van der Waals surface area contributed by atoms with Crippen LogP contribution in [-0.4, -0.2) is 6.54 Å². The summed E-state index contributed by atoms with van der Waals surface area (Å²) in [6.07, 6.45) is 10.2. The van der Waals surface area contributed by atoms with Crippen LogP contribution < -0.4 is 5.32 Å². The van der Waals surface area contributed by atoms with Gasteiger partial charge in [-0.3, -0.25) is 0 Å². The van der Waals surface area contributed by atoms with Crippen LogP contribution >= 0.6 is 0 Å². The molecular weight excluding hydrogens is 218 g/mol. The summed E-state index contributed by atoms with van der Waals surface area (Å²) in [7, 11) is 0. The van der Waals surface area contributed by atoms with E-state index < -0.39 is 0 Å². The van der Waals surface area contributed by atoms with Gasteiger partial charge < -0.3 is 5.32 Å². The summed E-state index contributed by atoms with van der Waals surface area (Å²) in [5, 5.41) is 3.57. The van der Waals surface area contributed by atoms with E-state index in [4.69, 9.17) is 0 Å². The second kappa shape index (κ2) is 5.34. The molecule has 1 N–H and O–H groups in total. The van der Waals surface area contributed by atoms with E-state index >= 15 is 0 Å². The fraction of sp³-hybridized carbons (Fsp3) is 0.647. The van der Waals surface area contributed by atoms with Crippen molar-refractivity contribution in [3.8, 4) is 0 Å². The lowest BCUT2D eigenvalue weighted by molar-refractivity contribution is 0.325. The van der Waals surface area contributed by atoms with Crippen LogP contribution in [0.3, 0.4) is 0 Å². The Morgan fingerprint density at radius 1 is 1.11 bits per heavy atom. The minimum Gasteiger partial charge on any atom is -0.384 e. The highest BCUT2D eigenvalue weighted by molar-refractivity contribution is 5.58. The SMILES string of the molecule is Cc1ccc2c(c1)C(CCC1CCCCC1)CN2. The highest BCUT2D eigenvalue weighted by Crippen LogP contribution is 2.37. The average molecular weight is 243 g/mol. The van der Waals surface area contributed by atoms with Crippen molar-refractivity contribution >= 4 is 5.69 Å². The van der Waals surface area contributed by atoms with Crippen molar-refractivity contribution in [3.63, 3.8) is 0 Å². The standard InChI is InChI=1S/C17H25N/c1-13-7-10-17-16(11-13)15(12-18-17)9-8-14-5-3-2-4-6-14/h7,10-11,14-15,18H,2-6,8-9,12H2,1H3. The number of hydrogen-bond acceptors (Lipinski definition) is 1. The first kappa shape index (κ1) is 12.1. The molecule has 1 fully saturated rings. The average Bonchev–Trinajstić information content (AvgIpc) is 2.80. The largest absolute Gasteiger partial charge is 0.384 e. The van der Waals surface area contributed by atoms with Crippen LogP contribution in [0, 0.1) is 12.8 Å². The number of nitrogens with one attached hydrogen (secondary N) is 1. The van der Waals surface area contributed by atoms with Crippen molar-refractivity contribution in [1.29, 1.82) is 0 Å². The molecule has 98 valence electrons. The second-order valence-corrected chi connectivity index (χ2v) is 6.25. The van der Waals surface area contributed by atoms with E-state index in [1.54, 1.807) is 5.56 Å². The van der Waals surface area contributed by atoms with Crippen LogP contribution in [0.1, 0.15) is 62.0 Å². The first-order valence-corrected chi connectivity index (χ1v) is 7.67. The molecule has 0 radical (unpaired) electrons. The van der Waals surface area contributed by atoms with Crippen LogP contribution in [0.4, 0.5) is 5.69 Å². The van der Waals surface area contributed by atoms with Gasteiger partial charge in [0, 0.05) is 18.2 Å². The van der Waals surface area contributed by atoms with Crippen molar-refractivity contribution in [2.24, 2.45) is 5.92 Å². The van der Waals surface area contributed by atoms with Crippen LogP contribution in [0.15, 0.2) is 18.2 Å². The van der Waals surface area contributed by atoms with E-state index in [0.717, 1.165) is 18.4 Å². The Balaban J connectivity index is 1.60. The molecule has 0 bridgehead atoms. The number of fused-ring (bicyclic) bond motifs is 1. The van der Waals surface area contributed by atoms with Crippen molar-refractivity contribution < 1.29 is 0 Å². The number of rotatable bonds is 3. The molecule has 18 heavy (non-hydrogen) atoms. The van der Waals surface area contributed by atoms with Crippen LogP contribution in [-0.2, 0) is 0 Å². The quantitative estimate of drug-likeness (QED) is 0.799. The van der Waals surface area contributed by atoms with Crippen LogP contribution in [0.2, 0.25) is 0 Å².